The number of nitrogens with two attached hydrogens (primary N) is 1. The van der Waals surface area contributed by atoms with Crippen LogP contribution in [0.2, 0.25) is 0 Å². The Labute approximate surface area is 159 Å². The molecule has 0 aromatic carbocycles. The quantitative estimate of drug-likeness (QED) is 0.809. The minimum atomic E-state index is -0.539. The molecule has 2 heterocycles. The molecule has 0 radical (unpaired) electrons. The lowest BCUT2D eigenvalue weighted by Crippen LogP contribution is -2.42. The first-order valence-electron chi connectivity index (χ1n) is 9.72. The van der Waals surface area contributed by atoms with E-state index in [4.69, 9.17) is 5.73 Å². The van der Waals surface area contributed by atoms with Crippen molar-refractivity contribution < 1.29 is 9.59 Å². The highest BCUT2D eigenvalue weighted by Gasteiger charge is 2.25. The summed E-state index contributed by atoms with van der Waals surface area (Å²) < 4.78 is 1.64. The van der Waals surface area contributed by atoms with Gasteiger partial charge in [0.2, 0.25) is 5.91 Å². The van der Waals surface area contributed by atoms with Crippen LogP contribution in [0.15, 0.2) is 6.20 Å². The van der Waals surface area contributed by atoms with Gasteiger partial charge in [-0.25, -0.2) is 9.50 Å². The zero-order chi connectivity index (χ0) is 19.7. The van der Waals surface area contributed by atoms with Gasteiger partial charge in [-0.2, -0.15) is 5.10 Å². The van der Waals surface area contributed by atoms with Gasteiger partial charge in [0.1, 0.15) is 5.56 Å². The molecular formula is C20H29N5O2. The zero-order valence-corrected chi connectivity index (χ0v) is 16.7. The Morgan fingerprint density at radius 3 is 2.59 bits per heavy atom. The van der Waals surface area contributed by atoms with E-state index in [1.165, 1.54) is 25.5 Å². The highest BCUT2D eigenvalue weighted by atomic mass is 16.2. The summed E-state index contributed by atoms with van der Waals surface area (Å²) in [5, 5.41) is 4.25. The molecule has 146 valence electrons. The van der Waals surface area contributed by atoms with E-state index in [2.05, 4.69) is 23.9 Å². The second-order valence-electron chi connectivity index (χ2n) is 7.86. The van der Waals surface area contributed by atoms with Crippen LogP contribution in [-0.4, -0.2) is 43.9 Å². The summed E-state index contributed by atoms with van der Waals surface area (Å²) in [6, 6.07) is 0.213. The lowest BCUT2D eigenvalue weighted by atomic mass is 9.85. The molecule has 0 bridgehead atoms. The van der Waals surface area contributed by atoms with Crippen molar-refractivity contribution in [1.82, 2.24) is 19.5 Å². The van der Waals surface area contributed by atoms with Crippen molar-refractivity contribution >= 4 is 17.5 Å². The number of rotatable bonds is 7. The fourth-order valence-electron chi connectivity index (χ4n) is 3.78. The molecule has 2 aromatic heterocycles. The first-order chi connectivity index (χ1) is 12.8. The molecule has 0 unspecified atom stereocenters. The van der Waals surface area contributed by atoms with E-state index in [0.717, 1.165) is 23.5 Å². The van der Waals surface area contributed by atoms with Gasteiger partial charge in [0, 0.05) is 30.4 Å². The number of fused-ring (bicyclic) bond motifs is 1. The van der Waals surface area contributed by atoms with Crippen LogP contribution in [0.5, 0.6) is 0 Å². The number of carbonyl (C=O) groups excluding carboxylic acids is 2. The SMILES string of the molecule is Cc1nc2c(C(N)=O)cnn2c(C)c1CCC(=O)N(CC1CCC1)C(C)C. The molecule has 0 atom stereocenters. The number of nitrogens with zero attached hydrogens (tertiary/aromatic N) is 4. The minimum absolute atomic E-state index is 0.189. The molecule has 2 N–H and O–H groups in total. The van der Waals surface area contributed by atoms with E-state index in [1.54, 1.807) is 4.52 Å². The van der Waals surface area contributed by atoms with Crippen LogP contribution in [-0.2, 0) is 11.2 Å². The Bertz CT molecular complexity index is 867. The lowest BCUT2D eigenvalue weighted by Gasteiger charge is -2.35. The van der Waals surface area contributed by atoms with Crippen LogP contribution < -0.4 is 5.73 Å². The van der Waals surface area contributed by atoms with Gasteiger partial charge in [-0.1, -0.05) is 6.42 Å². The number of hydrogen-bond acceptors (Lipinski definition) is 4. The summed E-state index contributed by atoms with van der Waals surface area (Å²) in [6.07, 6.45) is 6.26. The topological polar surface area (TPSA) is 93.6 Å². The minimum Gasteiger partial charge on any atom is -0.365 e. The summed E-state index contributed by atoms with van der Waals surface area (Å²) in [4.78, 5) is 30.9. The molecule has 1 saturated carbocycles. The van der Waals surface area contributed by atoms with E-state index in [1.807, 2.05) is 18.7 Å². The number of aromatic nitrogens is 3. The predicted octanol–water partition coefficient (Wildman–Crippen LogP) is 2.41. The Kier molecular flexibility index (Phi) is 5.48. The molecule has 0 spiro atoms. The average Bonchev–Trinajstić information content (AvgIpc) is 2.97. The maximum absolute atomic E-state index is 12.8. The maximum atomic E-state index is 12.8. The third-order valence-corrected chi connectivity index (χ3v) is 5.69. The van der Waals surface area contributed by atoms with Gasteiger partial charge in [-0.3, -0.25) is 9.59 Å². The van der Waals surface area contributed by atoms with Crippen molar-refractivity contribution in [3.63, 3.8) is 0 Å². The van der Waals surface area contributed by atoms with Crippen molar-refractivity contribution in [3.05, 3.63) is 28.7 Å². The molecule has 0 saturated heterocycles. The molecule has 1 aliphatic rings. The summed E-state index contributed by atoms with van der Waals surface area (Å²) >= 11 is 0. The maximum Gasteiger partial charge on any atom is 0.254 e. The van der Waals surface area contributed by atoms with E-state index in [-0.39, 0.29) is 11.9 Å². The molecule has 2 amide bonds. The molecule has 1 fully saturated rings. The normalized spacial score (nSPS) is 14.6. The lowest BCUT2D eigenvalue weighted by molar-refractivity contribution is -0.134. The zero-order valence-electron chi connectivity index (χ0n) is 16.7. The van der Waals surface area contributed by atoms with Crippen LogP contribution in [0.1, 0.15) is 66.8 Å². The Hall–Kier alpha value is -2.44. The van der Waals surface area contributed by atoms with Crippen molar-refractivity contribution in [2.75, 3.05) is 6.54 Å². The number of hydrogen-bond donors (Lipinski definition) is 1. The fraction of sp³-hybridized carbons (Fsp3) is 0.600. The molecule has 0 aliphatic heterocycles. The van der Waals surface area contributed by atoms with Crippen LogP contribution in [0.25, 0.3) is 5.65 Å². The van der Waals surface area contributed by atoms with Crippen molar-refractivity contribution in [2.45, 2.75) is 65.8 Å². The number of aryl methyl sites for hydroxylation is 2. The third-order valence-electron chi connectivity index (χ3n) is 5.69. The third kappa shape index (κ3) is 3.82. The highest BCUT2D eigenvalue weighted by molar-refractivity contribution is 5.98. The van der Waals surface area contributed by atoms with E-state index in [9.17, 15) is 9.59 Å². The first kappa shape index (κ1) is 19.3. The van der Waals surface area contributed by atoms with Gasteiger partial charge in [0.05, 0.1) is 6.20 Å². The number of primary amides is 1. The summed E-state index contributed by atoms with van der Waals surface area (Å²) in [6.45, 7) is 8.87. The fourth-order valence-corrected chi connectivity index (χ4v) is 3.78. The van der Waals surface area contributed by atoms with Gasteiger partial charge < -0.3 is 10.6 Å². The van der Waals surface area contributed by atoms with Gasteiger partial charge in [0.15, 0.2) is 5.65 Å². The second kappa shape index (κ2) is 7.66. The monoisotopic (exact) mass is 371 g/mol. The summed E-state index contributed by atoms with van der Waals surface area (Å²) in [5.74, 6) is 0.311. The second-order valence-corrected chi connectivity index (χ2v) is 7.86. The summed E-state index contributed by atoms with van der Waals surface area (Å²) in [7, 11) is 0. The van der Waals surface area contributed by atoms with Gasteiger partial charge >= 0.3 is 0 Å². The van der Waals surface area contributed by atoms with Crippen molar-refractivity contribution in [3.8, 4) is 0 Å². The molecule has 27 heavy (non-hydrogen) atoms. The van der Waals surface area contributed by atoms with Gasteiger partial charge in [0.25, 0.3) is 5.91 Å². The number of amides is 2. The van der Waals surface area contributed by atoms with E-state index in [0.29, 0.717) is 30.0 Å². The largest absolute Gasteiger partial charge is 0.365 e. The van der Waals surface area contributed by atoms with E-state index >= 15 is 0 Å². The Morgan fingerprint density at radius 1 is 1.33 bits per heavy atom. The van der Waals surface area contributed by atoms with Crippen LogP contribution in [0.3, 0.4) is 0 Å². The van der Waals surface area contributed by atoms with Crippen molar-refractivity contribution in [1.29, 1.82) is 0 Å². The van der Waals surface area contributed by atoms with Crippen LogP contribution in [0.4, 0.5) is 0 Å². The molecule has 1 aliphatic carbocycles. The van der Waals surface area contributed by atoms with Gasteiger partial charge in [-0.15, -0.1) is 0 Å². The standard InChI is InChI=1S/C20H29N5O2/c1-12(2)24(11-15-6-5-7-15)18(26)9-8-16-13(3)23-20-17(19(21)27)10-22-25(20)14(16)4/h10,12,15H,5-9,11H2,1-4H3,(H2,21,27). The number of carbonyl (C=O) groups is 2. The molecule has 7 heteroatoms. The average molecular weight is 371 g/mol. The summed E-state index contributed by atoms with van der Waals surface area (Å²) in [5.41, 5.74) is 8.89. The highest BCUT2D eigenvalue weighted by Crippen LogP contribution is 2.28. The molecule has 2 aromatic rings. The molecule has 3 rings (SSSR count). The van der Waals surface area contributed by atoms with Gasteiger partial charge in [-0.05, 0) is 58.4 Å². The Balaban J connectivity index is 1.77. The smallest absolute Gasteiger partial charge is 0.254 e. The first-order valence-corrected chi connectivity index (χ1v) is 9.72. The van der Waals surface area contributed by atoms with Crippen molar-refractivity contribution in [2.24, 2.45) is 11.7 Å². The Morgan fingerprint density at radius 2 is 2.04 bits per heavy atom. The van der Waals surface area contributed by atoms with Crippen LogP contribution in [0, 0.1) is 19.8 Å². The molecule has 7 nitrogen and oxygen atoms in total. The van der Waals surface area contributed by atoms with Crippen LogP contribution >= 0.6 is 0 Å². The molecular weight excluding hydrogens is 342 g/mol. The van der Waals surface area contributed by atoms with E-state index < -0.39 is 5.91 Å². The predicted molar refractivity (Wildman–Crippen MR) is 103 cm³/mol.